The molecule has 1 aromatic heterocycles. The van der Waals surface area contributed by atoms with E-state index in [0.29, 0.717) is 31.4 Å². The minimum Gasteiger partial charge on any atom is -0.462 e. The number of aliphatic hydroxyl groups excluding tert-OH is 1. The number of piperidine rings is 1. The zero-order valence-electron chi connectivity index (χ0n) is 25.7. The highest BCUT2D eigenvalue weighted by molar-refractivity contribution is 5.91. The molecule has 3 N–H and O–H groups in total. The van der Waals surface area contributed by atoms with Crippen molar-refractivity contribution >= 4 is 17.4 Å². The molecule has 0 radical (unpaired) electrons. The predicted molar refractivity (Wildman–Crippen MR) is 165 cm³/mol. The number of hydrogen-bond donors (Lipinski definition) is 3. The summed E-state index contributed by atoms with van der Waals surface area (Å²) in [5.74, 6) is -0.109. The summed E-state index contributed by atoms with van der Waals surface area (Å²) < 4.78 is 7.21. The minimum absolute atomic E-state index is 0.0352. The lowest BCUT2D eigenvalue weighted by Gasteiger charge is -2.56. The first-order chi connectivity index (χ1) is 20.2. The average Bonchev–Trinajstić information content (AvgIpc) is 3.57. The normalized spacial score (nSPS) is 29.1. The maximum atomic E-state index is 14.1. The molecule has 1 aromatic carbocycles. The Bertz CT molecular complexity index is 1380. The Balaban J connectivity index is 1.50. The fourth-order valence-corrected chi connectivity index (χ4v) is 8.00. The Morgan fingerprint density at radius 2 is 2.05 bits per heavy atom. The van der Waals surface area contributed by atoms with Gasteiger partial charge in [0.15, 0.2) is 5.78 Å². The SMILES string of the molecule is CCOC(=O)c1cnn(C2Nc3cc(CC4(C5(C(=O)C(C)O)CCNCC5CC)C=CC=CC4)ccc3C2C)c1CC. The number of Topliss-reactive ketones (excluding diaryl/α,β-unsaturated/α-hetero) is 1. The summed E-state index contributed by atoms with van der Waals surface area (Å²) in [7, 11) is 0. The van der Waals surface area contributed by atoms with Crippen molar-refractivity contribution in [1.29, 1.82) is 0 Å². The second kappa shape index (κ2) is 12.2. The van der Waals surface area contributed by atoms with Crippen molar-refractivity contribution in [2.45, 2.75) is 84.9 Å². The van der Waals surface area contributed by atoms with Gasteiger partial charge < -0.3 is 20.5 Å². The fraction of sp³-hybridized carbons (Fsp3) is 0.559. The van der Waals surface area contributed by atoms with E-state index < -0.39 is 16.9 Å². The van der Waals surface area contributed by atoms with Crippen LogP contribution in [0.3, 0.4) is 0 Å². The van der Waals surface area contributed by atoms with E-state index in [4.69, 9.17) is 4.74 Å². The Morgan fingerprint density at radius 3 is 2.71 bits per heavy atom. The molecule has 8 heteroatoms. The van der Waals surface area contributed by atoms with Gasteiger partial charge in [-0.15, -0.1) is 0 Å². The summed E-state index contributed by atoms with van der Waals surface area (Å²) in [6, 6.07) is 6.62. The van der Waals surface area contributed by atoms with Gasteiger partial charge in [0.1, 0.15) is 17.8 Å². The van der Waals surface area contributed by atoms with Gasteiger partial charge in [-0.05, 0) is 75.7 Å². The largest absolute Gasteiger partial charge is 0.462 e. The van der Waals surface area contributed by atoms with Crippen LogP contribution in [-0.4, -0.2) is 52.4 Å². The van der Waals surface area contributed by atoms with Crippen molar-refractivity contribution in [1.82, 2.24) is 15.1 Å². The second-order valence-electron chi connectivity index (χ2n) is 12.2. The molecule has 8 nitrogen and oxygen atoms in total. The molecular weight excluding hydrogens is 528 g/mol. The van der Waals surface area contributed by atoms with Gasteiger partial charge in [-0.1, -0.05) is 63.6 Å². The van der Waals surface area contributed by atoms with Crippen LogP contribution in [0, 0.1) is 16.7 Å². The van der Waals surface area contributed by atoms with Crippen LogP contribution < -0.4 is 10.6 Å². The third-order valence-electron chi connectivity index (χ3n) is 10.0. The Labute approximate surface area is 249 Å². The quantitative estimate of drug-likeness (QED) is 0.329. The van der Waals surface area contributed by atoms with E-state index in [-0.39, 0.29) is 29.8 Å². The van der Waals surface area contributed by atoms with Gasteiger partial charge in [-0.2, -0.15) is 5.10 Å². The van der Waals surface area contributed by atoms with Gasteiger partial charge in [-0.25, -0.2) is 9.48 Å². The lowest BCUT2D eigenvalue weighted by molar-refractivity contribution is -0.152. The number of carbonyl (C=O) groups is 2. The summed E-state index contributed by atoms with van der Waals surface area (Å²) in [4.78, 5) is 26.6. The number of ketones is 1. The Hall–Kier alpha value is -3.23. The molecule has 0 bridgehead atoms. The number of rotatable bonds is 10. The molecule has 2 aliphatic heterocycles. The number of allylic oxidation sites excluding steroid dienone is 4. The molecule has 1 aliphatic carbocycles. The number of benzene rings is 1. The maximum absolute atomic E-state index is 14.1. The Kier molecular flexibility index (Phi) is 8.76. The number of hydrogen-bond acceptors (Lipinski definition) is 7. The molecule has 6 atom stereocenters. The van der Waals surface area contributed by atoms with Crippen LogP contribution in [0.5, 0.6) is 0 Å². The first-order valence-electron chi connectivity index (χ1n) is 15.6. The monoisotopic (exact) mass is 574 g/mol. The van der Waals surface area contributed by atoms with Crippen LogP contribution in [0.2, 0.25) is 0 Å². The third-order valence-corrected chi connectivity index (χ3v) is 10.0. The predicted octanol–water partition coefficient (Wildman–Crippen LogP) is 5.35. The van der Waals surface area contributed by atoms with Gasteiger partial charge >= 0.3 is 5.97 Å². The smallest absolute Gasteiger partial charge is 0.341 e. The number of nitrogens with zero attached hydrogens (tertiary/aromatic N) is 2. The molecule has 0 saturated carbocycles. The zero-order chi connectivity index (χ0) is 30.1. The van der Waals surface area contributed by atoms with Crippen LogP contribution in [0.4, 0.5) is 5.69 Å². The van der Waals surface area contributed by atoms with Gasteiger partial charge in [0, 0.05) is 22.4 Å². The first kappa shape index (κ1) is 30.2. The molecule has 0 amide bonds. The molecular formula is C34H46N4O4. The van der Waals surface area contributed by atoms with E-state index in [9.17, 15) is 14.7 Å². The zero-order valence-corrected chi connectivity index (χ0v) is 25.7. The van der Waals surface area contributed by atoms with E-state index in [1.807, 2.05) is 18.5 Å². The molecule has 3 heterocycles. The highest BCUT2D eigenvalue weighted by Gasteiger charge is 2.59. The number of carbonyl (C=O) groups excluding carboxylic acids is 2. The number of nitrogens with one attached hydrogen (secondary N) is 2. The van der Waals surface area contributed by atoms with E-state index in [1.54, 1.807) is 13.1 Å². The van der Waals surface area contributed by atoms with E-state index >= 15 is 0 Å². The standard InChI is InChI=1S/C34H46N4O4/c1-6-25-20-35-17-16-34(25,30(40)23(5)39)33(14-10-9-11-15-33)19-24-12-13-26-22(4)31(37-28(26)18-24)38-29(7-2)27(21-36-38)32(41)42-8-3/h9-14,18,21-23,25,31,35,37,39H,6-8,15-17,19-20H2,1-5H3. The number of anilines is 1. The molecule has 1 saturated heterocycles. The van der Waals surface area contributed by atoms with Crippen LogP contribution in [-0.2, 0) is 22.4 Å². The highest BCUT2D eigenvalue weighted by atomic mass is 16.5. The lowest BCUT2D eigenvalue weighted by atomic mass is 9.48. The van der Waals surface area contributed by atoms with Gasteiger partial charge in [-0.3, -0.25) is 4.79 Å². The first-order valence-corrected chi connectivity index (χ1v) is 15.6. The van der Waals surface area contributed by atoms with Crippen molar-refractivity contribution in [3.63, 3.8) is 0 Å². The second-order valence-corrected chi connectivity index (χ2v) is 12.2. The molecule has 42 heavy (non-hydrogen) atoms. The topological polar surface area (TPSA) is 105 Å². The molecule has 3 aliphatic rings. The minimum atomic E-state index is -1.02. The number of fused-ring (bicyclic) bond motifs is 1. The summed E-state index contributed by atoms with van der Waals surface area (Å²) in [6.45, 7) is 11.7. The van der Waals surface area contributed by atoms with Crippen molar-refractivity contribution in [2.24, 2.45) is 16.7 Å². The summed E-state index contributed by atoms with van der Waals surface area (Å²) in [5.41, 5.74) is 3.68. The van der Waals surface area contributed by atoms with Gasteiger partial charge in [0.25, 0.3) is 0 Å². The molecule has 1 fully saturated rings. The van der Waals surface area contributed by atoms with Crippen LogP contribution in [0.25, 0.3) is 0 Å². The van der Waals surface area contributed by atoms with E-state index in [1.165, 1.54) is 5.56 Å². The number of esters is 1. The van der Waals surface area contributed by atoms with Gasteiger partial charge in [0.2, 0.25) is 0 Å². The van der Waals surface area contributed by atoms with Crippen LogP contribution in [0.15, 0.2) is 48.7 Å². The van der Waals surface area contributed by atoms with Crippen molar-refractivity contribution in [3.8, 4) is 0 Å². The molecule has 6 unspecified atom stereocenters. The maximum Gasteiger partial charge on any atom is 0.341 e. The molecule has 5 rings (SSSR count). The number of aliphatic hydroxyl groups is 1. The van der Waals surface area contributed by atoms with Crippen molar-refractivity contribution in [2.75, 3.05) is 25.0 Å². The third kappa shape index (κ3) is 4.92. The van der Waals surface area contributed by atoms with Crippen LogP contribution >= 0.6 is 0 Å². The molecule has 2 aromatic rings. The number of ether oxygens (including phenoxy) is 1. The van der Waals surface area contributed by atoms with E-state index in [2.05, 4.69) is 72.1 Å². The fourth-order valence-electron chi connectivity index (χ4n) is 8.00. The summed E-state index contributed by atoms with van der Waals surface area (Å²) >= 11 is 0. The summed E-state index contributed by atoms with van der Waals surface area (Å²) in [6.07, 6.45) is 12.8. The van der Waals surface area contributed by atoms with Crippen molar-refractivity contribution < 1.29 is 19.4 Å². The molecule has 0 spiro atoms. The summed E-state index contributed by atoms with van der Waals surface area (Å²) in [5, 5.41) is 22.5. The van der Waals surface area contributed by atoms with Crippen LogP contribution in [0.1, 0.15) is 93.1 Å². The van der Waals surface area contributed by atoms with Gasteiger partial charge in [0.05, 0.1) is 18.5 Å². The molecule has 226 valence electrons. The van der Waals surface area contributed by atoms with Crippen molar-refractivity contribution in [3.05, 3.63) is 71.1 Å². The Morgan fingerprint density at radius 1 is 1.24 bits per heavy atom. The average molecular weight is 575 g/mol. The number of aromatic nitrogens is 2. The lowest BCUT2D eigenvalue weighted by Crippen LogP contribution is -2.61. The van der Waals surface area contributed by atoms with E-state index in [0.717, 1.165) is 42.9 Å². The highest BCUT2D eigenvalue weighted by Crippen LogP contribution is 2.57.